The summed E-state index contributed by atoms with van der Waals surface area (Å²) in [5.74, 6) is 32.1. The van der Waals surface area contributed by atoms with Crippen LogP contribution in [0, 0.1) is 35.5 Å². The van der Waals surface area contributed by atoms with Gasteiger partial charge in [0.05, 0.1) is 79.3 Å². The van der Waals surface area contributed by atoms with Gasteiger partial charge in [0, 0.05) is 50.1 Å². The zero-order chi connectivity index (χ0) is 93.7. The highest BCUT2D eigenvalue weighted by Gasteiger charge is 2.29. The maximum atomic E-state index is 7.19. The van der Waals surface area contributed by atoms with Gasteiger partial charge >= 0.3 is 0 Å². The second-order valence-electron chi connectivity index (χ2n) is 35.9. The third kappa shape index (κ3) is 41.8. The molecule has 0 aliphatic carbocycles. The fourth-order valence-corrected chi connectivity index (χ4v) is 16.1. The van der Waals surface area contributed by atoms with Crippen molar-refractivity contribution < 1.29 is 56.8 Å². The molecule has 0 saturated carbocycles. The average molecular weight is 1810 g/mol. The van der Waals surface area contributed by atoms with E-state index in [-0.39, 0.29) is 0 Å². The molecular formula is C120H174O12. The van der Waals surface area contributed by atoms with Crippen molar-refractivity contribution in [2.45, 2.75) is 391 Å². The molecule has 7 aromatic carbocycles. The summed E-state index contributed by atoms with van der Waals surface area (Å²) in [4.78, 5) is 0. The van der Waals surface area contributed by atoms with E-state index in [0.717, 1.165) is 358 Å². The van der Waals surface area contributed by atoms with Crippen molar-refractivity contribution in [1.29, 1.82) is 0 Å². The van der Waals surface area contributed by atoms with Gasteiger partial charge in [-0.2, -0.15) is 0 Å². The van der Waals surface area contributed by atoms with Crippen molar-refractivity contribution in [3.63, 3.8) is 0 Å². The van der Waals surface area contributed by atoms with Gasteiger partial charge in [0.25, 0.3) is 0 Å². The molecule has 0 aliphatic rings. The van der Waals surface area contributed by atoms with Gasteiger partial charge in [-0.3, -0.25) is 0 Å². The van der Waals surface area contributed by atoms with Gasteiger partial charge in [-0.1, -0.05) is 368 Å². The second-order valence-corrected chi connectivity index (χ2v) is 35.9. The lowest BCUT2D eigenvalue weighted by atomic mass is 9.79. The summed E-state index contributed by atoms with van der Waals surface area (Å²) in [6, 6.07) is 38.2. The molecule has 0 aromatic heterocycles. The number of benzene rings is 7. The molecule has 0 amide bonds. The van der Waals surface area contributed by atoms with Crippen LogP contribution in [0.2, 0.25) is 0 Å². The van der Waals surface area contributed by atoms with E-state index in [2.05, 4.69) is 228 Å². The molecule has 0 bridgehead atoms. The zero-order valence-corrected chi connectivity index (χ0v) is 84.7. The quantitative estimate of drug-likeness (QED) is 0.0267. The topological polar surface area (TPSA) is 111 Å². The summed E-state index contributed by atoms with van der Waals surface area (Å²) in [6.07, 6.45) is 50.9. The first-order valence-electron chi connectivity index (χ1n) is 53.3. The Morgan fingerprint density at radius 2 is 0.288 bits per heavy atom. The molecular weight excluding hydrogens is 1630 g/mol. The monoisotopic (exact) mass is 1810 g/mol. The van der Waals surface area contributed by atoms with Gasteiger partial charge in [-0.25, -0.2) is 0 Å². The molecule has 726 valence electrons. The molecule has 7 aromatic rings. The largest absolute Gasteiger partial charge is 0.490 e. The van der Waals surface area contributed by atoms with Crippen LogP contribution in [0.25, 0.3) is 33.4 Å². The SMILES string of the molecule is CCCCCCOc1ccc(C#Cc2c(-c3ccc(OCCCCCC)c(OCCCCCC)c3)c(C#Cc3ccc(OCCCCCC)c(OCCCCCC)c3)c(-c3ccc(OCCCCCC)c(OCCCCCC)c3)c(C#Cc3ccc(OCCCCCC)c(OCCCCCC)c3)c2-c2ccc(OCCCCCC)c(OCCCCCC)c2)cc1OCCCCCC. The van der Waals surface area contributed by atoms with Crippen LogP contribution in [0.15, 0.2) is 109 Å². The van der Waals surface area contributed by atoms with Crippen LogP contribution in [-0.2, 0) is 0 Å². The normalized spacial score (nSPS) is 11.0. The first-order valence-corrected chi connectivity index (χ1v) is 53.3. The minimum atomic E-state index is 0.503. The van der Waals surface area contributed by atoms with Crippen LogP contribution in [0.1, 0.15) is 425 Å². The molecule has 0 radical (unpaired) electrons. The lowest BCUT2D eigenvalue weighted by molar-refractivity contribution is 0.259. The maximum absolute atomic E-state index is 7.19. The molecule has 0 N–H and O–H groups in total. The molecule has 12 nitrogen and oxygen atoms in total. The Labute approximate surface area is 803 Å². The lowest BCUT2D eigenvalue weighted by Gasteiger charge is -2.24. The molecule has 132 heavy (non-hydrogen) atoms. The average Bonchev–Trinajstić information content (AvgIpc) is 0.728. The molecule has 0 fully saturated rings. The van der Waals surface area contributed by atoms with Crippen LogP contribution < -0.4 is 56.8 Å². The zero-order valence-electron chi connectivity index (χ0n) is 84.7. The van der Waals surface area contributed by atoms with E-state index in [1.807, 2.05) is 0 Å². The number of rotatable bonds is 75. The highest BCUT2D eigenvalue weighted by atomic mass is 16.5. The predicted octanol–water partition coefficient (Wildman–Crippen LogP) is 34.4. The minimum absolute atomic E-state index is 0.503. The Morgan fingerprint density at radius 1 is 0.144 bits per heavy atom. The molecule has 0 heterocycles. The van der Waals surface area contributed by atoms with Crippen molar-refractivity contribution in [3.8, 4) is 138 Å². The molecule has 0 unspecified atom stereocenters. The summed E-state index contributed by atoms with van der Waals surface area (Å²) < 4.78 is 83.2. The van der Waals surface area contributed by atoms with Crippen molar-refractivity contribution in [3.05, 3.63) is 143 Å². The molecule has 7 rings (SSSR count). The van der Waals surface area contributed by atoms with Crippen molar-refractivity contribution in [2.24, 2.45) is 0 Å². The standard InChI is InChI=1S/C120H174O12/c1-13-25-37-49-79-121-106-73-64-97(91-112(106)127-85-55-43-31-19-7)61-70-103-118(100-67-76-109(124-82-52-40-28-16-4)115(94-100)130-88-58-46-34-22-10)104(71-62-98-65-74-107(122-80-50-38-26-14-2)113(92-98)128-86-56-44-32-20-8)120(102-69-78-111(126-84-54-42-30-18-6)117(96-102)132-90-60-48-36-24-12)105(72-63-99-66-75-108(123-81-51-39-27-15-3)114(93-99)129-87-57-45-33-21-9)119(103)101-68-77-110(125-83-53-41-29-17-5)116(95-101)131-89-59-47-35-23-11/h64-69,73-78,91-96H,13-60,79-90H2,1-12H3. The third-order valence-electron chi connectivity index (χ3n) is 24.1. The van der Waals surface area contributed by atoms with E-state index in [9.17, 15) is 0 Å². The van der Waals surface area contributed by atoms with Crippen LogP contribution in [-0.4, -0.2) is 79.3 Å². The second kappa shape index (κ2) is 70.5. The first kappa shape index (κ1) is 110. The van der Waals surface area contributed by atoms with E-state index in [0.29, 0.717) is 165 Å². The molecule has 0 atom stereocenters. The minimum Gasteiger partial charge on any atom is -0.490 e. The van der Waals surface area contributed by atoms with Crippen molar-refractivity contribution >= 4 is 0 Å². The van der Waals surface area contributed by atoms with Crippen molar-refractivity contribution in [1.82, 2.24) is 0 Å². The first-order chi connectivity index (χ1) is 65.1. The summed E-state index contributed by atoms with van der Waals surface area (Å²) in [5.41, 5.74) is 9.07. The van der Waals surface area contributed by atoms with Crippen LogP contribution in [0.3, 0.4) is 0 Å². The molecule has 12 heteroatoms. The van der Waals surface area contributed by atoms with Crippen LogP contribution >= 0.6 is 0 Å². The van der Waals surface area contributed by atoms with E-state index < -0.39 is 0 Å². The van der Waals surface area contributed by atoms with Gasteiger partial charge in [-0.05, 0) is 185 Å². The van der Waals surface area contributed by atoms with E-state index >= 15 is 0 Å². The Morgan fingerprint density at radius 3 is 0.447 bits per heavy atom. The van der Waals surface area contributed by atoms with Crippen molar-refractivity contribution in [2.75, 3.05) is 79.3 Å². The van der Waals surface area contributed by atoms with Gasteiger partial charge in [0.1, 0.15) is 0 Å². The highest BCUT2D eigenvalue weighted by Crippen LogP contribution is 2.49. The number of ether oxygens (including phenoxy) is 12. The Kier molecular flexibility index (Phi) is 58.7. The highest BCUT2D eigenvalue weighted by molar-refractivity contribution is 5.99. The lowest BCUT2D eigenvalue weighted by Crippen LogP contribution is -2.07. The Balaban J connectivity index is 1.84. The van der Waals surface area contributed by atoms with E-state index in [4.69, 9.17) is 56.8 Å². The fourth-order valence-electron chi connectivity index (χ4n) is 16.1. The van der Waals surface area contributed by atoms with Gasteiger partial charge in [0.2, 0.25) is 0 Å². The summed E-state index contributed by atoms with van der Waals surface area (Å²) in [7, 11) is 0. The van der Waals surface area contributed by atoms with Gasteiger partial charge < -0.3 is 56.8 Å². The smallest absolute Gasteiger partial charge is 0.162 e. The third-order valence-corrected chi connectivity index (χ3v) is 24.1. The summed E-state index contributed by atoms with van der Waals surface area (Å²) in [5, 5.41) is 0. The summed E-state index contributed by atoms with van der Waals surface area (Å²) >= 11 is 0. The maximum Gasteiger partial charge on any atom is 0.162 e. The fraction of sp³-hybridized carbons (Fsp3) is 0.600. The molecule has 0 spiro atoms. The van der Waals surface area contributed by atoms with Crippen LogP contribution in [0.4, 0.5) is 0 Å². The molecule has 0 saturated heterocycles. The number of hydrogen-bond donors (Lipinski definition) is 0. The Hall–Kier alpha value is -9.18. The predicted molar refractivity (Wildman–Crippen MR) is 556 cm³/mol. The molecule has 0 aliphatic heterocycles. The van der Waals surface area contributed by atoms with Gasteiger partial charge in [0.15, 0.2) is 69.0 Å². The van der Waals surface area contributed by atoms with Crippen LogP contribution in [0.5, 0.6) is 69.0 Å². The summed E-state index contributed by atoms with van der Waals surface area (Å²) in [6.45, 7) is 33.6. The van der Waals surface area contributed by atoms with E-state index in [1.54, 1.807) is 0 Å². The Bertz CT molecular complexity index is 4000. The van der Waals surface area contributed by atoms with Gasteiger partial charge in [-0.15, -0.1) is 0 Å². The van der Waals surface area contributed by atoms with E-state index in [1.165, 1.54) is 0 Å². The number of hydrogen-bond acceptors (Lipinski definition) is 12. The number of unbranched alkanes of at least 4 members (excludes halogenated alkanes) is 36.